The molecular formula is C12H10N2O2. The summed E-state index contributed by atoms with van der Waals surface area (Å²) in [5, 5.41) is 11.2. The van der Waals surface area contributed by atoms with Gasteiger partial charge in [-0.25, -0.2) is 4.98 Å². The molecule has 0 amide bonds. The molecule has 0 saturated carbocycles. The zero-order valence-electron chi connectivity index (χ0n) is 8.45. The Labute approximate surface area is 92.8 Å². The Morgan fingerprint density at radius 1 is 1.12 bits per heavy atom. The zero-order chi connectivity index (χ0) is 11.2. The number of pyridine rings is 1. The molecule has 0 unspecified atom stereocenters. The Morgan fingerprint density at radius 3 is 2.56 bits per heavy atom. The van der Waals surface area contributed by atoms with E-state index in [1.807, 2.05) is 30.3 Å². The van der Waals surface area contributed by atoms with Crippen LogP contribution >= 0.6 is 0 Å². The van der Waals surface area contributed by atoms with Gasteiger partial charge in [0.2, 0.25) is 5.88 Å². The number of hydrogen-bond donors (Lipinski definition) is 1. The minimum Gasteiger partial charge on any atom is -0.439 e. The molecule has 4 heteroatoms. The average molecular weight is 214 g/mol. The summed E-state index contributed by atoms with van der Waals surface area (Å²) in [6.45, 7) is 0. The summed E-state index contributed by atoms with van der Waals surface area (Å²) in [6, 6.07) is 12.9. The molecule has 16 heavy (non-hydrogen) atoms. The van der Waals surface area contributed by atoms with Gasteiger partial charge >= 0.3 is 0 Å². The number of nitrogens with zero attached hydrogens (tertiary/aromatic N) is 2. The molecule has 0 atom stereocenters. The van der Waals surface area contributed by atoms with Crippen molar-refractivity contribution in [3.63, 3.8) is 0 Å². The van der Waals surface area contributed by atoms with Gasteiger partial charge in [0.25, 0.3) is 0 Å². The summed E-state index contributed by atoms with van der Waals surface area (Å²) in [6.07, 6.45) is 2.87. The molecule has 0 bridgehead atoms. The van der Waals surface area contributed by atoms with Crippen molar-refractivity contribution in [3.05, 3.63) is 54.2 Å². The maximum Gasteiger partial charge on any atom is 0.219 e. The zero-order valence-corrected chi connectivity index (χ0v) is 8.45. The van der Waals surface area contributed by atoms with E-state index in [4.69, 9.17) is 9.94 Å². The van der Waals surface area contributed by atoms with E-state index in [9.17, 15) is 0 Å². The molecule has 4 nitrogen and oxygen atoms in total. The molecule has 0 saturated heterocycles. The molecule has 1 N–H and O–H groups in total. The third kappa shape index (κ3) is 2.57. The number of aromatic nitrogens is 1. The lowest BCUT2D eigenvalue weighted by Gasteiger charge is -2.03. The predicted molar refractivity (Wildman–Crippen MR) is 60.1 cm³/mol. The molecule has 0 radical (unpaired) electrons. The summed E-state index contributed by atoms with van der Waals surface area (Å²) in [7, 11) is 0. The Morgan fingerprint density at radius 2 is 1.94 bits per heavy atom. The molecule has 1 heterocycles. The maximum atomic E-state index is 8.33. The van der Waals surface area contributed by atoms with Crippen LogP contribution in [-0.2, 0) is 0 Å². The summed E-state index contributed by atoms with van der Waals surface area (Å²) in [5.74, 6) is 1.24. The third-order valence-corrected chi connectivity index (χ3v) is 1.93. The topological polar surface area (TPSA) is 54.7 Å². The number of para-hydroxylation sites is 1. The molecule has 80 valence electrons. The monoisotopic (exact) mass is 214 g/mol. The first-order valence-electron chi connectivity index (χ1n) is 4.75. The van der Waals surface area contributed by atoms with E-state index >= 15 is 0 Å². The molecule has 1 aromatic carbocycles. The highest BCUT2D eigenvalue weighted by Crippen LogP contribution is 2.17. The number of benzene rings is 1. The molecular weight excluding hydrogens is 204 g/mol. The highest BCUT2D eigenvalue weighted by molar-refractivity contribution is 5.78. The van der Waals surface area contributed by atoms with Crippen LogP contribution in [0.1, 0.15) is 5.56 Å². The van der Waals surface area contributed by atoms with Crippen molar-refractivity contribution >= 4 is 6.21 Å². The van der Waals surface area contributed by atoms with Crippen LogP contribution in [0.3, 0.4) is 0 Å². The van der Waals surface area contributed by atoms with Gasteiger partial charge in [0.15, 0.2) is 0 Å². The Kier molecular flexibility index (Phi) is 3.13. The normalized spacial score (nSPS) is 10.5. The lowest BCUT2D eigenvalue weighted by Crippen LogP contribution is -1.89. The Bertz CT molecular complexity index is 466. The van der Waals surface area contributed by atoms with E-state index in [1.165, 1.54) is 6.21 Å². The Balaban J connectivity index is 2.11. The quantitative estimate of drug-likeness (QED) is 0.485. The van der Waals surface area contributed by atoms with E-state index in [2.05, 4.69) is 10.1 Å². The first kappa shape index (κ1) is 10.2. The van der Waals surface area contributed by atoms with Gasteiger partial charge in [-0.2, -0.15) is 0 Å². The largest absolute Gasteiger partial charge is 0.439 e. The van der Waals surface area contributed by atoms with Crippen LogP contribution in [0.15, 0.2) is 53.8 Å². The lowest BCUT2D eigenvalue weighted by atomic mass is 10.3. The molecule has 0 aliphatic carbocycles. The van der Waals surface area contributed by atoms with Crippen molar-refractivity contribution in [1.82, 2.24) is 4.98 Å². The minimum atomic E-state index is 0.501. The molecule has 0 aliphatic rings. The predicted octanol–water partition coefficient (Wildman–Crippen LogP) is 2.68. The van der Waals surface area contributed by atoms with Crippen molar-refractivity contribution in [2.45, 2.75) is 0 Å². The molecule has 2 aromatic rings. The van der Waals surface area contributed by atoms with Crippen LogP contribution < -0.4 is 4.74 Å². The number of hydrogen-bond acceptors (Lipinski definition) is 4. The molecule has 0 aliphatic heterocycles. The van der Waals surface area contributed by atoms with E-state index in [0.29, 0.717) is 11.4 Å². The molecule has 0 spiro atoms. The smallest absolute Gasteiger partial charge is 0.219 e. The number of oxime groups is 1. The van der Waals surface area contributed by atoms with Crippen molar-refractivity contribution in [1.29, 1.82) is 0 Å². The van der Waals surface area contributed by atoms with Crippen LogP contribution in [0.4, 0.5) is 0 Å². The molecule has 2 rings (SSSR count). The molecule has 0 fully saturated rings. The van der Waals surface area contributed by atoms with Crippen LogP contribution in [0.2, 0.25) is 0 Å². The van der Waals surface area contributed by atoms with E-state index in [-0.39, 0.29) is 0 Å². The van der Waals surface area contributed by atoms with E-state index in [1.54, 1.807) is 18.3 Å². The number of ether oxygens (including phenoxy) is 1. The van der Waals surface area contributed by atoms with Gasteiger partial charge in [-0.3, -0.25) is 0 Å². The SMILES string of the molecule is ON=Cc1ccc(Oc2ccccc2)nc1. The molecule has 1 aromatic heterocycles. The van der Waals surface area contributed by atoms with Gasteiger partial charge in [-0.15, -0.1) is 0 Å². The van der Waals surface area contributed by atoms with Crippen LogP contribution in [0.5, 0.6) is 11.6 Å². The maximum absolute atomic E-state index is 8.33. The summed E-state index contributed by atoms with van der Waals surface area (Å²) < 4.78 is 5.49. The van der Waals surface area contributed by atoms with Crippen LogP contribution in [0, 0.1) is 0 Å². The standard InChI is InChI=1S/C12H10N2O2/c15-14-9-10-6-7-12(13-8-10)16-11-4-2-1-3-5-11/h1-9,15H. The fourth-order valence-corrected chi connectivity index (χ4v) is 1.20. The van der Waals surface area contributed by atoms with Crippen LogP contribution in [0.25, 0.3) is 0 Å². The van der Waals surface area contributed by atoms with Gasteiger partial charge in [0, 0.05) is 17.8 Å². The fraction of sp³-hybridized carbons (Fsp3) is 0. The summed E-state index contributed by atoms with van der Waals surface area (Å²) in [5.41, 5.74) is 0.711. The first-order chi connectivity index (χ1) is 7.88. The minimum absolute atomic E-state index is 0.501. The highest BCUT2D eigenvalue weighted by atomic mass is 16.5. The van der Waals surface area contributed by atoms with E-state index in [0.717, 1.165) is 5.75 Å². The fourth-order valence-electron chi connectivity index (χ4n) is 1.20. The van der Waals surface area contributed by atoms with Gasteiger partial charge in [0.1, 0.15) is 5.75 Å². The van der Waals surface area contributed by atoms with Crippen LogP contribution in [-0.4, -0.2) is 16.4 Å². The second-order valence-electron chi connectivity index (χ2n) is 3.09. The first-order valence-corrected chi connectivity index (χ1v) is 4.75. The van der Waals surface area contributed by atoms with E-state index < -0.39 is 0 Å². The summed E-state index contributed by atoms with van der Waals surface area (Å²) in [4.78, 5) is 4.07. The highest BCUT2D eigenvalue weighted by Gasteiger charge is 1.97. The second-order valence-corrected chi connectivity index (χ2v) is 3.09. The van der Waals surface area contributed by atoms with Crippen molar-refractivity contribution in [3.8, 4) is 11.6 Å². The van der Waals surface area contributed by atoms with Crippen molar-refractivity contribution in [2.75, 3.05) is 0 Å². The average Bonchev–Trinajstić information content (AvgIpc) is 2.33. The lowest BCUT2D eigenvalue weighted by molar-refractivity contribution is 0.322. The van der Waals surface area contributed by atoms with Crippen molar-refractivity contribution < 1.29 is 9.94 Å². The summed E-state index contributed by atoms with van der Waals surface area (Å²) >= 11 is 0. The van der Waals surface area contributed by atoms with Gasteiger partial charge in [0.05, 0.1) is 6.21 Å². The van der Waals surface area contributed by atoms with Gasteiger partial charge < -0.3 is 9.94 Å². The second kappa shape index (κ2) is 4.93. The van der Waals surface area contributed by atoms with Crippen molar-refractivity contribution in [2.24, 2.45) is 5.16 Å². The number of rotatable bonds is 3. The third-order valence-electron chi connectivity index (χ3n) is 1.93. The Hall–Kier alpha value is -2.36. The van der Waals surface area contributed by atoms with Gasteiger partial charge in [-0.1, -0.05) is 23.4 Å². The van der Waals surface area contributed by atoms with Gasteiger partial charge in [-0.05, 0) is 18.2 Å².